The molecule has 0 atom stereocenters. The van der Waals surface area contributed by atoms with E-state index < -0.39 is 9.84 Å². The molecule has 0 bridgehead atoms. The Morgan fingerprint density at radius 1 is 1.19 bits per heavy atom. The Kier molecular flexibility index (Phi) is 8.49. The van der Waals surface area contributed by atoms with Crippen LogP contribution in [0.15, 0.2) is 52.4 Å². The number of H-pyrrole nitrogens is 1. The molecular formula is C28H37N3O4S. The summed E-state index contributed by atoms with van der Waals surface area (Å²) in [7, 11) is -3.27. The average Bonchev–Trinajstić information content (AvgIpc) is 3.64. The standard InChI is InChI=1S/C28H37N3O4S/c1-4-31(14-15-32)13-6-16-35-26-12-11-24(25-18-27(30-28(25)26)29-19-20(2)3)21-7-5-8-23(17-21)36(33,34)22-9-10-22/h5,7-8,11-12,17-20,22,30,32H,4,6,9-10,13-16H2,1-3H3. The lowest BCUT2D eigenvalue weighted by Crippen LogP contribution is -2.28. The largest absolute Gasteiger partial charge is 0.491 e. The number of nitrogens with zero attached hydrogens (tertiary/aromatic N) is 2. The van der Waals surface area contributed by atoms with Crippen molar-refractivity contribution in [3.8, 4) is 16.9 Å². The van der Waals surface area contributed by atoms with E-state index in [4.69, 9.17) is 4.74 Å². The van der Waals surface area contributed by atoms with Gasteiger partial charge >= 0.3 is 0 Å². The van der Waals surface area contributed by atoms with Crippen LogP contribution in [0.1, 0.15) is 40.0 Å². The molecule has 0 spiro atoms. The van der Waals surface area contributed by atoms with Gasteiger partial charge in [0.05, 0.1) is 28.9 Å². The Labute approximate surface area is 214 Å². The van der Waals surface area contributed by atoms with Crippen molar-refractivity contribution in [1.29, 1.82) is 0 Å². The summed E-state index contributed by atoms with van der Waals surface area (Å²) in [4.78, 5) is 10.6. The molecule has 1 heterocycles. The number of fused-ring (bicyclic) bond motifs is 1. The third kappa shape index (κ3) is 6.17. The number of likely N-dealkylation sites (N-methyl/N-ethyl adjacent to an activating group) is 1. The van der Waals surface area contributed by atoms with Crippen LogP contribution in [0, 0.1) is 5.92 Å². The average molecular weight is 512 g/mol. The number of aromatic amines is 1. The van der Waals surface area contributed by atoms with E-state index in [1.54, 1.807) is 12.1 Å². The maximum Gasteiger partial charge on any atom is 0.181 e. The van der Waals surface area contributed by atoms with E-state index in [9.17, 15) is 13.5 Å². The van der Waals surface area contributed by atoms with E-state index in [1.807, 2.05) is 36.5 Å². The lowest BCUT2D eigenvalue weighted by molar-refractivity contribution is 0.189. The minimum atomic E-state index is -3.27. The summed E-state index contributed by atoms with van der Waals surface area (Å²) in [5.74, 6) is 1.79. The zero-order valence-corrected chi connectivity index (χ0v) is 22.2. The minimum Gasteiger partial charge on any atom is -0.491 e. The topological polar surface area (TPSA) is 95.0 Å². The molecule has 2 N–H and O–H groups in total. The van der Waals surface area contributed by atoms with Gasteiger partial charge in [0, 0.05) is 24.7 Å². The number of hydrogen-bond donors (Lipinski definition) is 2. The summed E-state index contributed by atoms with van der Waals surface area (Å²) >= 11 is 0. The Balaban J connectivity index is 1.64. The molecule has 0 unspecified atom stereocenters. The first-order valence-electron chi connectivity index (χ1n) is 12.8. The number of ether oxygens (including phenoxy) is 1. The quantitative estimate of drug-likeness (QED) is 0.243. The first-order valence-corrected chi connectivity index (χ1v) is 14.4. The highest BCUT2D eigenvalue weighted by Crippen LogP contribution is 2.39. The van der Waals surface area contributed by atoms with Gasteiger partial charge in [0.1, 0.15) is 11.6 Å². The molecule has 2 aromatic carbocycles. The second-order valence-corrected chi connectivity index (χ2v) is 11.9. The first kappa shape index (κ1) is 26.4. The van der Waals surface area contributed by atoms with Gasteiger partial charge in [-0.1, -0.05) is 32.9 Å². The zero-order valence-electron chi connectivity index (χ0n) is 21.4. The van der Waals surface area contributed by atoms with Crippen LogP contribution in [0.3, 0.4) is 0 Å². The lowest BCUT2D eigenvalue weighted by Gasteiger charge is -2.19. The number of hydrogen-bond acceptors (Lipinski definition) is 6. The van der Waals surface area contributed by atoms with Gasteiger partial charge in [0.2, 0.25) is 0 Å². The second kappa shape index (κ2) is 11.6. The molecule has 8 heteroatoms. The van der Waals surface area contributed by atoms with Gasteiger partial charge in [-0.25, -0.2) is 13.4 Å². The SMILES string of the molecule is CCN(CCO)CCCOc1ccc(-c2cccc(S(=O)(=O)C3CC3)c2)c2cc(N=CC(C)C)[nH]c12. The van der Waals surface area contributed by atoms with Crippen molar-refractivity contribution in [2.24, 2.45) is 10.9 Å². The summed E-state index contributed by atoms with van der Waals surface area (Å²) in [5.41, 5.74) is 2.64. The van der Waals surface area contributed by atoms with Crippen molar-refractivity contribution in [3.63, 3.8) is 0 Å². The molecule has 0 radical (unpaired) electrons. The highest BCUT2D eigenvalue weighted by atomic mass is 32.2. The third-order valence-electron chi connectivity index (χ3n) is 6.43. The summed E-state index contributed by atoms with van der Waals surface area (Å²) in [6.45, 7) is 9.36. The van der Waals surface area contributed by atoms with E-state index in [1.165, 1.54) is 0 Å². The van der Waals surface area contributed by atoms with Crippen LogP contribution in [0.25, 0.3) is 22.0 Å². The maximum atomic E-state index is 12.8. The molecule has 3 aromatic rings. The van der Waals surface area contributed by atoms with Crippen molar-refractivity contribution >= 4 is 32.8 Å². The van der Waals surface area contributed by atoms with Gasteiger partial charge in [0.25, 0.3) is 0 Å². The number of nitrogens with one attached hydrogen (secondary N) is 1. The van der Waals surface area contributed by atoms with Crippen LogP contribution in [0.2, 0.25) is 0 Å². The Morgan fingerprint density at radius 3 is 2.69 bits per heavy atom. The van der Waals surface area contributed by atoms with E-state index in [-0.39, 0.29) is 11.9 Å². The van der Waals surface area contributed by atoms with E-state index >= 15 is 0 Å². The smallest absolute Gasteiger partial charge is 0.181 e. The molecule has 36 heavy (non-hydrogen) atoms. The van der Waals surface area contributed by atoms with Gasteiger partial charge < -0.3 is 19.7 Å². The molecule has 1 aliphatic rings. The summed E-state index contributed by atoms with van der Waals surface area (Å²) in [5, 5.41) is 9.89. The van der Waals surface area contributed by atoms with Crippen molar-refractivity contribution in [3.05, 3.63) is 42.5 Å². The second-order valence-electron chi connectivity index (χ2n) is 9.71. The first-order chi connectivity index (χ1) is 17.3. The fourth-order valence-electron chi connectivity index (χ4n) is 4.30. The van der Waals surface area contributed by atoms with Crippen LogP contribution in [-0.4, -0.2) is 67.7 Å². The molecule has 0 saturated heterocycles. The monoisotopic (exact) mass is 511 g/mol. The van der Waals surface area contributed by atoms with Crippen molar-refractivity contribution in [2.45, 2.75) is 50.2 Å². The van der Waals surface area contributed by atoms with Crippen LogP contribution >= 0.6 is 0 Å². The van der Waals surface area contributed by atoms with E-state index in [0.29, 0.717) is 24.0 Å². The molecule has 7 nitrogen and oxygen atoms in total. The minimum absolute atomic E-state index is 0.155. The molecule has 0 amide bonds. The molecule has 4 rings (SSSR count). The zero-order chi connectivity index (χ0) is 25.7. The highest BCUT2D eigenvalue weighted by molar-refractivity contribution is 7.92. The number of benzene rings is 2. The molecule has 1 saturated carbocycles. The van der Waals surface area contributed by atoms with Gasteiger partial charge in [-0.3, -0.25) is 0 Å². The Hall–Kier alpha value is -2.68. The highest BCUT2D eigenvalue weighted by Gasteiger charge is 2.36. The van der Waals surface area contributed by atoms with Crippen molar-refractivity contribution < 1.29 is 18.3 Å². The molecule has 0 aliphatic heterocycles. The summed E-state index contributed by atoms with van der Waals surface area (Å²) < 4.78 is 31.9. The fourth-order valence-corrected chi connectivity index (χ4v) is 6.00. The van der Waals surface area contributed by atoms with Gasteiger partial charge in [0.15, 0.2) is 9.84 Å². The molecule has 1 fully saturated rings. The van der Waals surface area contributed by atoms with E-state index in [0.717, 1.165) is 65.9 Å². The summed E-state index contributed by atoms with van der Waals surface area (Å²) in [6.07, 6.45) is 4.23. The van der Waals surface area contributed by atoms with Crippen molar-refractivity contribution in [1.82, 2.24) is 9.88 Å². The van der Waals surface area contributed by atoms with Gasteiger partial charge in [-0.15, -0.1) is 0 Å². The Bertz CT molecular complexity index is 1310. The van der Waals surface area contributed by atoms with Crippen LogP contribution in [0.5, 0.6) is 5.75 Å². The molecular weight excluding hydrogens is 474 g/mol. The predicted molar refractivity (Wildman–Crippen MR) is 146 cm³/mol. The number of rotatable bonds is 13. The summed E-state index contributed by atoms with van der Waals surface area (Å²) in [6, 6.07) is 13.2. The molecule has 194 valence electrons. The number of aliphatic imine (C=N–C) groups is 1. The maximum absolute atomic E-state index is 12.8. The lowest BCUT2D eigenvalue weighted by atomic mass is 10.0. The number of aromatic nitrogens is 1. The number of sulfone groups is 1. The van der Waals surface area contributed by atoms with Crippen LogP contribution in [0.4, 0.5) is 5.82 Å². The third-order valence-corrected chi connectivity index (χ3v) is 8.69. The van der Waals surface area contributed by atoms with Crippen LogP contribution < -0.4 is 4.74 Å². The normalized spacial score (nSPS) is 14.5. The fraction of sp³-hybridized carbons (Fsp3) is 0.464. The van der Waals surface area contributed by atoms with E-state index in [2.05, 4.69) is 35.6 Å². The van der Waals surface area contributed by atoms with Crippen LogP contribution in [-0.2, 0) is 9.84 Å². The van der Waals surface area contributed by atoms with Crippen molar-refractivity contribution in [2.75, 3.05) is 32.8 Å². The molecule has 1 aromatic heterocycles. The predicted octanol–water partition coefficient (Wildman–Crippen LogP) is 5.21. The Morgan fingerprint density at radius 2 is 2.00 bits per heavy atom. The molecule has 1 aliphatic carbocycles. The number of aliphatic hydroxyl groups is 1. The van der Waals surface area contributed by atoms with Gasteiger partial charge in [-0.2, -0.15) is 0 Å². The number of aliphatic hydroxyl groups excluding tert-OH is 1. The van der Waals surface area contributed by atoms with Gasteiger partial charge in [-0.05, 0) is 73.2 Å².